The van der Waals surface area contributed by atoms with Crippen LogP contribution < -0.4 is 5.32 Å². The number of benzene rings is 2. The van der Waals surface area contributed by atoms with E-state index in [1.165, 1.54) is 0 Å². The molecule has 4 rings (SSSR count). The number of nitrogens with zero attached hydrogens (tertiary/aromatic N) is 1. The van der Waals surface area contributed by atoms with E-state index in [2.05, 4.69) is 5.32 Å². The van der Waals surface area contributed by atoms with E-state index in [0.717, 1.165) is 23.1 Å². The van der Waals surface area contributed by atoms with Crippen LogP contribution in [-0.4, -0.2) is 23.4 Å². The number of urea groups is 1. The maximum Gasteiger partial charge on any atom is 0.325 e. The second kappa shape index (κ2) is 4.19. The molecule has 2 aliphatic heterocycles. The Morgan fingerprint density at radius 1 is 0.952 bits per heavy atom. The smallest absolute Gasteiger partial charge is 0.301 e. The molecular formula is C17H14N2O2. The summed E-state index contributed by atoms with van der Waals surface area (Å²) in [4.78, 5) is 26.6. The van der Waals surface area contributed by atoms with Crippen LogP contribution in [-0.2, 0) is 16.8 Å². The molecular weight excluding hydrogens is 264 g/mol. The molecule has 2 aromatic carbocycles. The standard InChI is InChI=1S/C17H14N2O2/c20-15-17(13-7-2-1-3-8-13)14-9-5-4-6-12(14)10-11-19(17)16(21)18-15/h1-9H,10-11H2,(H,18,20,21). The van der Waals surface area contributed by atoms with Crippen LogP contribution in [0.2, 0.25) is 0 Å². The summed E-state index contributed by atoms with van der Waals surface area (Å²) in [7, 11) is 0. The molecule has 21 heavy (non-hydrogen) atoms. The third-order valence-electron chi connectivity index (χ3n) is 4.40. The normalized spacial score (nSPS) is 23.5. The van der Waals surface area contributed by atoms with Crippen molar-refractivity contribution in [3.05, 3.63) is 71.3 Å². The number of hydrogen-bond acceptors (Lipinski definition) is 2. The summed E-state index contributed by atoms with van der Waals surface area (Å²) in [5.41, 5.74) is 1.85. The van der Waals surface area contributed by atoms with E-state index in [4.69, 9.17) is 0 Å². The zero-order valence-electron chi connectivity index (χ0n) is 11.4. The quantitative estimate of drug-likeness (QED) is 0.812. The minimum absolute atomic E-state index is 0.258. The molecule has 0 spiro atoms. The van der Waals surface area contributed by atoms with Gasteiger partial charge in [-0.1, -0.05) is 54.6 Å². The van der Waals surface area contributed by atoms with Gasteiger partial charge in [-0.15, -0.1) is 0 Å². The van der Waals surface area contributed by atoms with Gasteiger partial charge in [-0.25, -0.2) is 4.79 Å². The van der Waals surface area contributed by atoms with Gasteiger partial charge in [0.1, 0.15) is 0 Å². The van der Waals surface area contributed by atoms with Crippen LogP contribution in [0.3, 0.4) is 0 Å². The molecule has 1 saturated heterocycles. The largest absolute Gasteiger partial charge is 0.325 e. The predicted octanol–water partition coefficient (Wildman–Crippen LogP) is 2.04. The zero-order valence-corrected chi connectivity index (χ0v) is 11.4. The van der Waals surface area contributed by atoms with Gasteiger partial charge in [0.2, 0.25) is 0 Å². The average molecular weight is 278 g/mol. The molecule has 0 saturated carbocycles. The summed E-state index contributed by atoms with van der Waals surface area (Å²) in [5, 5.41) is 2.49. The van der Waals surface area contributed by atoms with Crippen LogP contribution in [0, 0.1) is 0 Å². The van der Waals surface area contributed by atoms with Gasteiger partial charge < -0.3 is 4.90 Å². The Morgan fingerprint density at radius 2 is 1.67 bits per heavy atom. The van der Waals surface area contributed by atoms with E-state index in [0.29, 0.717) is 6.54 Å². The van der Waals surface area contributed by atoms with Crippen molar-refractivity contribution in [1.29, 1.82) is 0 Å². The molecule has 2 heterocycles. The number of imide groups is 1. The van der Waals surface area contributed by atoms with Gasteiger partial charge in [-0.3, -0.25) is 10.1 Å². The Bertz CT molecular complexity index is 741. The third kappa shape index (κ3) is 1.44. The molecule has 0 radical (unpaired) electrons. The van der Waals surface area contributed by atoms with E-state index in [9.17, 15) is 9.59 Å². The van der Waals surface area contributed by atoms with E-state index in [1.807, 2.05) is 54.6 Å². The molecule has 0 bridgehead atoms. The monoisotopic (exact) mass is 278 g/mol. The van der Waals surface area contributed by atoms with Crippen molar-refractivity contribution >= 4 is 11.9 Å². The van der Waals surface area contributed by atoms with Crippen molar-refractivity contribution in [3.63, 3.8) is 0 Å². The van der Waals surface area contributed by atoms with Crippen LogP contribution in [0.15, 0.2) is 54.6 Å². The average Bonchev–Trinajstić information content (AvgIpc) is 2.80. The lowest BCUT2D eigenvalue weighted by Crippen LogP contribution is -2.51. The fraction of sp³-hybridized carbons (Fsp3) is 0.176. The van der Waals surface area contributed by atoms with Gasteiger partial charge in [0.05, 0.1) is 0 Å². The molecule has 2 aromatic rings. The van der Waals surface area contributed by atoms with Gasteiger partial charge in [-0.2, -0.15) is 0 Å². The van der Waals surface area contributed by atoms with E-state index in [-0.39, 0.29) is 11.9 Å². The summed E-state index contributed by atoms with van der Waals surface area (Å²) in [6.07, 6.45) is 0.769. The Hall–Kier alpha value is -2.62. The minimum Gasteiger partial charge on any atom is -0.301 e. The van der Waals surface area contributed by atoms with Crippen LogP contribution in [0.25, 0.3) is 0 Å². The summed E-state index contributed by atoms with van der Waals surface area (Å²) in [5.74, 6) is -0.258. The number of amides is 3. The van der Waals surface area contributed by atoms with Gasteiger partial charge >= 0.3 is 6.03 Å². The number of nitrogens with one attached hydrogen (secondary N) is 1. The first-order chi connectivity index (χ1) is 10.2. The number of carbonyl (C=O) groups excluding carboxylic acids is 2. The maximum atomic E-state index is 12.7. The van der Waals surface area contributed by atoms with E-state index >= 15 is 0 Å². The summed E-state index contributed by atoms with van der Waals surface area (Å²) in [6, 6.07) is 17.1. The van der Waals surface area contributed by atoms with Gasteiger partial charge in [-0.05, 0) is 23.1 Å². The first-order valence-electron chi connectivity index (χ1n) is 7.01. The highest BCUT2D eigenvalue weighted by atomic mass is 16.2. The van der Waals surface area contributed by atoms with Crippen LogP contribution in [0.5, 0.6) is 0 Å². The van der Waals surface area contributed by atoms with Gasteiger partial charge in [0, 0.05) is 6.54 Å². The number of hydrogen-bond donors (Lipinski definition) is 1. The highest BCUT2D eigenvalue weighted by Gasteiger charge is 2.57. The van der Waals surface area contributed by atoms with Crippen molar-refractivity contribution in [1.82, 2.24) is 10.2 Å². The molecule has 0 aliphatic carbocycles. The van der Waals surface area contributed by atoms with Gasteiger partial charge in [0.25, 0.3) is 5.91 Å². The van der Waals surface area contributed by atoms with Crippen molar-refractivity contribution in [2.24, 2.45) is 0 Å². The van der Waals surface area contributed by atoms with Crippen molar-refractivity contribution in [2.75, 3.05) is 6.54 Å². The predicted molar refractivity (Wildman–Crippen MR) is 77.6 cm³/mol. The summed E-state index contributed by atoms with van der Waals surface area (Å²) < 4.78 is 0. The highest BCUT2D eigenvalue weighted by molar-refractivity contribution is 6.10. The van der Waals surface area contributed by atoms with Crippen molar-refractivity contribution < 1.29 is 9.59 Å². The zero-order chi connectivity index (χ0) is 14.4. The molecule has 2 aliphatic rings. The molecule has 1 atom stereocenters. The Kier molecular flexibility index (Phi) is 2.42. The van der Waals surface area contributed by atoms with Gasteiger partial charge in [0.15, 0.2) is 5.54 Å². The fourth-order valence-electron chi connectivity index (χ4n) is 3.51. The minimum atomic E-state index is -1.02. The molecule has 104 valence electrons. The number of carbonyl (C=O) groups is 2. The lowest BCUT2D eigenvalue weighted by atomic mass is 9.76. The lowest BCUT2D eigenvalue weighted by molar-refractivity contribution is -0.125. The number of rotatable bonds is 1. The molecule has 1 fully saturated rings. The fourth-order valence-corrected chi connectivity index (χ4v) is 3.51. The Balaban J connectivity index is 2.06. The van der Waals surface area contributed by atoms with Crippen LogP contribution in [0.4, 0.5) is 4.79 Å². The van der Waals surface area contributed by atoms with Crippen LogP contribution >= 0.6 is 0 Å². The van der Waals surface area contributed by atoms with E-state index < -0.39 is 5.54 Å². The lowest BCUT2D eigenvalue weighted by Gasteiger charge is -2.41. The Morgan fingerprint density at radius 3 is 2.48 bits per heavy atom. The van der Waals surface area contributed by atoms with E-state index in [1.54, 1.807) is 4.90 Å². The van der Waals surface area contributed by atoms with Crippen molar-refractivity contribution in [3.8, 4) is 0 Å². The van der Waals surface area contributed by atoms with Crippen LogP contribution in [0.1, 0.15) is 16.7 Å². The number of fused-ring (bicyclic) bond motifs is 3. The first-order valence-corrected chi connectivity index (χ1v) is 7.01. The summed E-state index contributed by atoms with van der Waals surface area (Å²) >= 11 is 0. The highest BCUT2D eigenvalue weighted by Crippen LogP contribution is 2.43. The Labute approximate surface area is 122 Å². The SMILES string of the molecule is O=C1NC(=O)C2(c3ccccc3)c3ccccc3CCN12. The molecule has 4 heteroatoms. The second-order valence-corrected chi connectivity index (χ2v) is 5.39. The molecule has 4 nitrogen and oxygen atoms in total. The molecule has 1 unspecified atom stereocenters. The van der Waals surface area contributed by atoms with Crippen molar-refractivity contribution in [2.45, 2.75) is 12.0 Å². The first kappa shape index (κ1) is 12.1. The summed E-state index contributed by atoms with van der Waals surface area (Å²) in [6.45, 7) is 0.545. The molecule has 1 N–H and O–H groups in total. The third-order valence-corrected chi connectivity index (χ3v) is 4.40. The second-order valence-electron chi connectivity index (χ2n) is 5.39. The molecule has 3 amide bonds. The maximum absolute atomic E-state index is 12.7. The topological polar surface area (TPSA) is 49.4 Å². The molecule has 0 aromatic heterocycles.